The fourth-order valence-electron chi connectivity index (χ4n) is 3.51. The average Bonchev–Trinajstić information content (AvgIpc) is 2.82. The molecule has 0 aliphatic heterocycles. The Balaban J connectivity index is 1.40. The first-order valence-electron chi connectivity index (χ1n) is 10.5. The zero-order valence-corrected chi connectivity index (χ0v) is 18.2. The summed E-state index contributed by atoms with van der Waals surface area (Å²) in [5, 5.41) is 0. The lowest BCUT2D eigenvalue weighted by molar-refractivity contribution is -0.133. The van der Waals surface area contributed by atoms with Crippen LogP contribution in [0.2, 0.25) is 0 Å². The predicted octanol–water partition coefficient (Wildman–Crippen LogP) is 6.96. The molecular formula is C29H19F3O2. The van der Waals surface area contributed by atoms with E-state index < -0.39 is 23.4 Å². The minimum absolute atomic E-state index is 0.112. The maximum absolute atomic E-state index is 14.5. The van der Waals surface area contributed by atoms with Crippen LogP contribution < -0.4 is 4.74 Å². The summed E-state index contributed by atoms with van der Waals surface area (Å²) < 4.78 is 46.5. The minimum atomic E-state index is -1.06. The van der Waals surface area contributed by atoms with Gasteiger partial charge >= 0.3 is 5.97 Å². The molecule has 4 aromatic carbocycles. The molecule has 0 aliphatic carbocycles. The normalized spacial score (nSPS) is 10.4. The van der Waals surface area contributed by atoms with Crippen LogP contribution in [0.25, 0.3) is 22.3 Å². The number of hydrogen-bond acceptors (Lipinski definition) is 2. The van der Waals surface area contributed by atoms with Crippen molar-refractivity contribution in [2.24, 2.45) is 0 Å². The summed E-state index contributed by atoms with van der Waals surface area (Å²) in [6.07, 6.45) is -0.142. The Labute approximate surface area is 195 Å². The number of esters is 1. The van der Waals surface area contributed by atoms with Crippen LogP contribution in [0.15, 0.2) is 84.9 Å². The topological polar surface area (TPSA) is 26.3 Å². The van der Waals surface area contributed by atoms with Gasteiger partial charge in [-0.3, -0.25) is 4.79 Å². The van der Waals surface area contributed by atoms with Crippen molar-refractivity contribution in [1.29, 1.82) is 0 Å². The summed E-state index contributed by atoms with van der Waals surface area (Å²) in [5.41, 5.74) is 3.63. The van der Waals surface area contributed by atoms with Gasteiger partial charge < -0.3 is 4.74 Å². The van der Waals surface area contributed by atoms with E-state index in [0.717, 1.165) is 28.8 Å². The lowest BCUT2D eigenvalue weighted by atomic mass is 10.0. The lowest BCUT2D eigenvalue weighted by Crippen LogP contribution is -2.11. The van der Waals surface area contributed by atoms with Crippen LogP contribution in [0.1, 0.15) is 18.1 Å². The van der Waals surface area contributed by atoms with Gasteiger partial charge in [0.15, 0.2) is 11.6 Å². The van der Waals surface area contributed by atoms with Crippen molar-refractivity contribution in [2.75, 3.05) is 0 Å². The zero-order valence-electron chi connectivity index (χ0n) is 18.2. The Morgan fingerprint density at radius 1 is 0.735 bits per heavy atom. The highest BCUT2D eigenvalue weighted by molar-refractivity contribution is 5.76. The summed E-state index contributed by atoms with van der Waals surface area (Å²) in [4.78, 5) is 12.3. The molecule has 0 atom stereocenters. The standard InChI is InChI=1S/C29H19F3O2/c1-2-3-19-4-7-21(8-5-19)22-9-12-24(13-10-22)34-29(33)17-20-6-14-25(27(31)16-20)23-11-15-26(30)28(32)18-23/h4-16,18H,17H2,1H3. The summed E-state index contributed by atoms with van der Waals surface area (Å²) in [5.74, 6) is 2.98. The molecule has 0 saturated heterocycles. The Morgan fingerprint density at radius 3 is 2.00 bits per heavy atom. The predicted molar refractivity (Wildman–Crippen MR) is 126 cm³/mol. The van der Waals surface area contributed by atoms with E-state index in [1.54, 1.807) is 25.1 Å². The third-order valence-electron chi connectivity index (χ3n) is 5.19. The van der Waals surface area contributed by atoms with Crippen molar-refractivity contribution in [2.45, 2.75) is 13.3 Å². The summed E-state index contributed by atoms with van der Waals surface area (Å²) in [6.45, 7) is 1.79. The highest BCUT2D eigenvalue weighted by Crippen LogP contribution is 2.26. The van der Waals surface area contributed by atoms with E-state index in [-0.39, 0.29) is 17.5 Å². The molecular weight excluding hydrogens is 437 g/mol. The molecule has 4 rings (SSSR count). The second-order valence-corrected chi connectivity index (χ2v) is 7.57. The Bertz CT molecular complexity index is 1400. The highest BCUT2D eigenvalue weighted by Gasteiger charge is 2.12. The van der Waals surface area contributed by atoms with Crippen LogP contribution in [0.3, 0.4) is 0 Å². The monoisotopic (exact) mass is 456 g/mol. The van der Waals surface area contributed by atoms with Crippen LogP contribution in [0.5, 0.6) is 5.75 Å². The number of carbonyl (C=O) groups excluding carboxylic acids is 1. The molecule has 34 heavy (non-hydrogen) atoms. The Kier molecular flexibility index (Phi) is 6.79. The first-order valence-corrected chi connectivity index (χ1v) is 10.5. The van der Waals surface area contributed by atoms with Crippen LogP contribution in [0.4, 0.5) is 13.2 Å². The molecule has 0 bridgehead atoms. The molecule has 0 heterocycles. The SMILES string of the molecule is CC#Cc1ccc(-c2ccc(OC(=O)Cc3ccc(-c4ccc(F)c(F)c4)c(F)c3)cc2)cc1. The fraction of sp³-hybridized carbons (Fsp3) is 0.0690. The second-order valence-electron chi connectivity index (χ2n) is 7.57. The van der Waals surface area contributed by atoms with Gasteiger partial charge in [-0.1, -0.05) is 48.4 Å². The first kappa shape index (κ1) is 22.9. The van der Waals surface area contributed by atoms with E-state index in [9.17, 15) is 18.0 Å². The summed E-state index contributed by atoms with van der Waals surface area (Å²) in [6, 6.07) is 22.2. The molecule has 0 amide bonds. The van der Waals surface area contributed by atoms with Gasteiger partial charge in [0.2, 0.25) is 0 Å². The maximum Gasteiger partial charge on any atom is 0.315 e. The van der Waals surface area contributed by atoms with E-state index in [0.29, 0.717) is 11.3 Å². The lowest BCUT2D eigenvalue weighted by Gasteiger charge is -2.08. The van der Waals surface area contributed by atoms with Gasteiger partial charge in [-0.25, -0.2) is 13.2 Å². The molecule has 0 aliphatic rings. The van der Waals surface area contributed by atoms with Gasteiger partial charge in [-0.15, -0.1) is 5.92 Å². The van der Waals surface area contributed by atoms with E-state index >= 15 is 0 Å². The highest BCUT2D eigenvalue weighted by atomic mass is 19.2. The molecule has 168 valence electrons. The molecule has 2 nitrogen and oxygen atoms in total. The van der Waals surface area contributed by atoms with Gasteiger partial charge in [0.05, 0.1) is 6.42 Å². The quantitative estimate of drug-likeness (QED) is 0.184. The second kappa shape index (κ2) is 10.1. The molecule has 0 unspecified atom stereocenters. The van der Waals surface area contributed by atoms with E-state index in [1.165, 1.54) is 18.2 Å². The largest absolute Gasteiger partial charge is 0.426 e. The maximum atomic E-state index is 14.5. The minimum Gasteiger partial charge on any atom is -0.426 e. The van der Waals surface area contributed by atoms with Crippen molar-refractivity contribution in [3.8, 4) is 39.8 Å². The average molecular weight is 456 g/mol. The summed E-state index contributed by atoms with van der Waals surface area (Å²) >= 11 is 0. The Morgan fingerprint density at radius 2 is 1.38 bits per heavy atom. The van der Waals surface area contributed by atoms with Crippen molar-refractivity contribution < 1.29 is 22.7 Å². The number of hydrogen-bond donors (Lipinski definition) is 0. The molecule has 5 heteroatoms. The van der Waals surface area contributed by atoms with Crippen LogP contribution in [-0.4, -0.2) is 5.97 Å². The summed E-state index contributed by atoms with van der Waals surface area (Å²) in [7, 11) is 0. The number of rotatable bonds is 5. The third-order valence-corrected chi connectivity index (χ3v) is 5.19. The molecule has 0 fully saturated rings. The van der Waals surface area contributed by atoms with Gasteiger partial charge in [-0.2, -0.15) is 0 Å². The van der Waals surface area contributed by atoms with E-state index in [4.69, 9.17) is 4.74 Å². The molecule has 0 spiro atoms. The molecule has 0 aromatic heterocycles. The molecule has 0 radical (unpaired) electrons. The first-order chi connectivity index (χ1) is 16.4. The molecule has 4 aromatic rings. The smallest absolute Gasteiger partial charge is 0.315 e. The van der Waals surface area contributed by atoms with E-state index in [2.05, 4.69) is 11.8 Å². The van der Waals surface area contributed by atoms with Crippen molar-refractivity contribution in [3.63, 3.8) is 0 Å². The fourth-order valence-corrected chi connectivity index (χ4v) is 3.51. The van der Waals surface area contributed by atoms with Gasteiger partial charge in [0.25, 0.3) is 0 Å². The van der Waals surface area contributed by atoms with Crippen LogP contribution in [0, 0.1) is 29.3 Å². The van der Waals surface area contributed by atoms with Gasteiger partial charge in [-0.05, 0) is 71.6 Å². The van der Waals surface area contributed by atoms with Crippen molar-refractivity contribution >= 4 is 5.97 Å². The Hall–Kier alpha value is -4.30. The van der Waals surface area contributed by atoms with Crippen molar-refractivity contribution in [1.82, 2.24) is 0 Å². The number of carbonyl (C=O) groups is 1. The molecule has 0 N–H and O–H groups in total. The number of ether oxygens (including phenoxy) is 1. The third kappa shape index (κ3) is 5.36. The van der Waals surface area contributed by atoms with Crippen molar-refractivity contribution in [3.05, 3.63) is 114 Å². The van der Waals surface area contributed by atoms with Crippen LogP contribution in [-0.2, 0) is 11.2 Å². The van der Waals surface area contributed by atoms with Gasteiger partial charge in [0, 0.05) is 11.1 Å². The number of benzene rings is 4. The molecule has 0 saturated carbocycles. The van der Waals surface area contributed by atoms with E-state index in [1.807, 2.05) is 36.4 Å². The zero-order chi connectivity index (χ0) is 24.1. The van der Waals surface area contributed by atoms with Gasteiger partial charge in [0.1, 0.15) is 11.6 Å². The number of halogens is 3. The van der Waals surface area contributed by atoms with Crippen LogP contribution >= 0.6 is 0 Å².